The van der Waals surface area contributed by atoms with Crippen LogP contribution in [0.15, 0.2) is 24.3 Å². The second-order valence-corrected chi connectivity index (χ2v) is 5.72. The number of rotatable bonds is 9. The van der Waals surface area contributed by atoms with Gasteiger partial charge in [-0.3, -0.25) is 0 Å². The fourth-order valence-electron chi connectivity index (χ4n) is 3.06. The molecule has 3 nitrogen and oxygen atoms in total. The fourth-order valence-corrected chi connectivity index (χ4v) is 3.06. The van der Waals surface area contributed by atoms with Crippen molar-refractivity contribution in [3.63, 3.8) is 0 Å². The monoisotopic (exact) mass is 287 g/mol. The molecule has 0 saturated carbocycles. The minimum absolute atomic E-state index is 0.545. The maximum Gasteiger partial charge on any atom is 0.111 e. The van der Waals surface area contributed by atoms with Crippen LogP contribution in [0.4, 0.5) is 0 Å². The van der Waals surface area contributed by atoms with Gasteiger partial charge in [0.1, 0.15) is 5.82 Å². The molecule has 1 aromatic carbocycles. The standard InChI is InChI=1S/C18H29N3/c1-4-7-8-11-15(19-5-2)14-18-20-16-12-9-10-13-17(16)21(18)6-3/h9-10,12-13,15,19H,4-8,11,14H2,1-3H3. The Hall–Kier alpha value is -1.35. The first kappa shape index (κ1) is 16.0. The van der Waals surface area contributed by atoms with Gasteiger partial charge in [0.05, 0.1) is 11.0 Å². The zero-order chi connectivity index (χ0) is 15.1. The zero-order valence-electron chi connectivity index (χ0n) is 13.7. The molecule has 1 heterocycles. The summed E-state index contributed by atoms with van der Waals surface area (Å²) in [5, 5.41) is 3.63. The summed E-state index contributed by atoms with van der Waals surface area (Å²) in [4.78, 5) is 4.86. The summed E-state index contributed by atoms with van der Waals surface area (Å²) in [6.45, 7) is 8.68. The first-order valence-electron chi connectivity index (χ1n) is 8.47. The smallest absolute Gasteiger partial charge is 0.111 e. The van der Waals surface area contributed by atoms with Crippen molar-refractivity contribution >= 4 is 11.0 Å². The highest BCUT2D eigenvalue weighted by Crippen LogP contribution is 2.18. The number of likely N-dealkylation sites (N-methyl/N-ethyl adjacent to an activating group) is 1. The largest absolute Gasteiger partial charge is 0.328 e. The molecule has 0 amide bonds. The number of imidazole rings is 1. The number of aromatic nitrogens is 2. The zero-order valence-corrected chi connectivity index (χ0v) is 13.7. The van der Waals surface area contributed by atoms with Crippen LogP contribution in [0, 0.1) is 0 Å². The van der Waals surface area contributed by atoms with E-state index in [4.69, 9.17) is 4.98 Å². The second kappa shape index (κ2) is 8.18. The molecule has 0 spiro atoms. The molecule has 0 aliphatic heterocycles. The molecule has 0 bridgehead atoms. The van der Waals surface area contributed by atoms with Crippen LogP contribution in [0.5, 0.6) is 0 Å². The molecule has 2 rings (SSSR count). The number of fused-ring (bicyclic) bond motifs is 1. The van der Waals surface area contributed by atoms with Gasteiger partial charge in [-0.2, -0.15) is 0 Å². The molecular formula is C18H29N3. The molecule has 0 aliphatic rings. The van der Waals surface area contributed by atoms with E-state index in [1.54, 1.807) is 0 Å². The second-order valence-electron chi connectivity index (χ2n) is 5.72. The first-order valence-corrected chi connectivity index (χ1v) is 8.47. The summed E-state index contributed by atoms with van der Waals surface area (Å²) in [6.07, 6.45) is 6.19. The number of aryl methyl sites for hydroxylation is 1. The maximum atomic E-state index is 4.86. The molecule has 1 atom stereocenters. The Morgan fingerprint density at radius 1 is 1.14 bits per heavy atom. The van der Waals surface area contributed by atoms with Crippen LogP contribution in [0.1, 0.15) is 52.3 Å². The predicted molar refractivity (Wildman–Crippen MR) is 90.7 cm³/mol. The Morgan fingerprint density at radius 3 is 2.67 bits per heavy atom. The van der Waals surface area contributed by atoms with Crippen molar-refractivity contribution in [3.05, 3.63) is 30.1 Å². The molecule has 0 radical (unpaired) electrons. The molecule has 2 aromatic rings. The van der Waals surface area contributed by atoms with Gasteiger partial charge in [-0.1, -0.05) is 45.2 Å². The lowest BCUT2D eigenvalue weighted by Gasteiger charge is -2.18. The van der Waals surface area contributed by atoms with Crippen LogP contribution in [0.2, 0.25) is 0 Å². The van der Waals surface area contributed by atoms with Crippen molar-refractivity contribution in [2.45, 2.75) is 65.5 Å². The SMILES string of the molecule is CCCCCC(Cc1nc2ccccc2n1CC)NCC. The van der Waals surface area contributed by atoms with Crippen molar-refractivity contribution in [2.24, 2.45) is 0 Å². The number of hydrogen-bond donors (Lipinski definition) is 1. The third-order valence-corrected chi connectivity index (χ3v) is 4.13. The number of unbranched alkanes of at least 4 members (excludes halogenated alkanes) is 2. The topological polar surface area (TPSA) is 29.9 Å². The Kier molecular flexibility index (Phi) is 6.24. The van der Waals surface area contributed by atoms with E-state index >= 15 is 0 Å². The van der Waals surface area contributed by atoms with Crippen molar-refractivity contribution < 1.29 is 0 Å². The minimum atomic E-state index is 0.545. The van der Waals surface area contributed by atoms with Crippen molar-refractivity contribution in [3.8, 4) is 0 Å². The average molecular weight is 287 g/mol. The Bertz CT molecular complexity index is 544. The normalized spacial score (nSPS) is 12.9. The minimum Gasteiger partial charge on any atom is -0.328 e. The Labute approximate surface area is 128 Å². The third kappa shape index (κ3) is 4.07. The number of benzene rings is 1. The molecule has 116 valence electrons. The third-order valence-electron chi connectivity index (χ3n) is 4.13. The van der Waals surface area contributed by atoms with E-state index in [9.17, 15) is 0 Å². The van der Waals surface area contributed by atoms with Gasteiger partial charge in [-0.05, 0) is 32.0 Å². The summed E-state index contributed by atoms with van der Waals surface area (Å²) >= 11 is 0. The van der Waals surface area contributed by atoms with Crippen LogP contribution < -0.4 is 5.32 Å². The Morgan fingerprint density at radius 2 is 1.95 bits per heavy atom. The molecule has 0 fully saturated rings. The Balaban J connectivity index is 2.15. The van der Waals surface area contributed by atoms with E-state index in [1.165, 1.54) is 37.0 Å². The lowest BCUT2D eigenvalue weighted by Crippen LogP contribution is -2.32. The molecule has 1 unspecified atom stereocenters. The fraction of sp³-hybridized carbons (Fsp3) is 0.611. The number of hydrogen-bond acceptors (Lipinski definition) is 2. The maximum absolute atomic E-state index is 4.86. The van der Waals surface area contributed by atoms with E-state index < -0.39 is 0 Å². The molecule has 0 aliphatic carbocycles. The van der Waals surface area contributed by atoms with E-state index in [2.05, 4.69) is 54.9 Å². The van der Waals surface area contributed by atoms with Gasteiger partial charge in [-0.25, -0.2) is 4.98 Å². The lowest BCUT2D eigenvalue weighted by molar-refractivity contribution is 0.453. The predicted octanol–water partition coefficient (Wildman–Crippen LogP) is 4.16. The molecule has 1 aromatic heterocycles. The quantitative estimate of drug-likeness (QED) is 0.702. The first-order chi connectivity index (χ1) is 10.3. The summed E-state index contributed by atoms with van der Waals surface area (Å²) < 4.78 is 2.36. The van der Waals surface area contributed by atoms with Crippen LogP contribution in [0.3, 0.4) is 0 Å². The average Bonchev–Trinajstić information content (AvgIpc) is 2.84. The van der Waals surface area contributed by atoms with Gasteiger partial charge in [-0.15, -0.1) is 0 Å². The highest BCUT2D eigenvalue weighted by Gasteiger charge is 2.14. The highest BCUT2D eigenvalue weighted by atomic mass is 15.1. The van der Waals surface area contributed by atoms with Crippen LogP contribution in [0.25, 0.3) is 11.0 Å². The summed E-state index contributed by atoms with van der Waals surface area (Å²) in [6, 6.07) is 9.01. The van der Waals surface area contributed by atoms with E-state index in [-0.39, 0.29) is 0 Å². The van der Waals surface area contributed by atoms with Crippen molar-refractivity contribution in [1.82, 2.24) is 14.9 Å². The molecular weight excluding hydrogens is 258 g/mol. The molecule has 3 heteroatoms. The molecule has 0 saturated heterocycles. The van der Waals surface area contributed by atoms with E-state index in [0.717, 1.165) is 25.0 Å². The van der Waals surface area contributed by atoms with Gasteiger partial charge in [0.25, 0.3) is 0 Å². The van der Waals surface area contributed by atoms with Gasteiger partial charge < -0.3 is 9.88 Å². The van der Waals surface area contributed by atoms with Gasteiger partial charge in [0, 0.05) is 19.0 Å². The van der Waals surface area contributed by atoms with Crippen molar-refractivity contribution in [1.29, 1.82) is 0 Å². The van der Waals surface area contributed by atoms with Crippen LogP contribution in [-0.4, -0.2) is 22.1 Å². The number of nitrogens with zero attached hydrogens (tertiary/aromatic N) is 2. The summed E-state index contributed by atoms with van der Waals surface area (Å²) in [7, 11) is 0. The number of para-hydroxylation sites is 2. The van der Waals surface area contributed by atoms with E-state index in [0.29, 0.717) is 6.04 Å². The summed E-state index contributed by atoms with van der Waals surface area (Å²) in [5.74, 6) is 1.22. The van der Waals surface area contributed by atoms with E-state index in [1.807, 2.05) is 0 Å². The van der Waals surface area contributed by atoms with Gasteiger partial charge in [0.2, 0.25) is 0 Å². The van der Waals surface area contributed by atoms with Crippen LogP contribution in [-0.2, 0) is 13.0 Å². The summed E-state index contributed by atoms with van der Waals surface area (Å²) in [5.41, 5.74) is 2.39. The van der Waals surface area contributed by atoms with Crippen LogP contribution >= 0.6 is 0 Å². The lowest BCUT2D eigenvalue weighted by atomic mass is 10.0. The molecule has 1 N–H and O–H groups in total. The van der Waals surface area contributed by atoms with Crippen molar-refractivity contribution in [2.75, 3.05) is 6.54 Å². The number of nitrogens with one attached hydrogen (secondary N) is 1. The van der Waals surface area contributed by atoms with Gasteiger partial charge >= 0.3 is 0 Å². The molecule has 21 heavy (non-hydrogen) atoms. The highest BCUT2D eigenvalue weighted by molar-refractivity contribution is 5.75. The van der Waals surface area contributed by atoms with Gasteiger partial charge in [0.15, 0.2) is 0 Å².